The van der Waals surface area contributed by atoms with Crippen LogP contribution in [-0.2, 0) is 9.59 Å². The van der Waals surface area contributed by atoms with Gasteiger partial charge in [0.25, 0.3) is 0 Å². The molecule has 0 amide bonds. The predicted octanol–water partition coefficient (Wildman–Crippen LogP) is -0.0894. The Hall–Kier alpha value is 0.176. The van der Waals surface area contributed by atoms with Gasteiger partial charge >= 0.3 is 51.4 Å². The minimum atomic E-state index is -0.620. The van der Waals surface area contributed by atoms with Gasteiger partial charge in [0.1, 0.15) is 0 Å². The molecular formula is C4H5KN2O4S2. The normalized spacial score (nSPS) is 4.62. The van der Waals surface area contributed by atoms with E-state index in [0.717, 1.165) is 12.2 Å². The van der Waals surface area contributed by atoms with Crippen molar-refractivity contribution >= 4 is 98.1 Å². The molecule has 6 nitrogen and oxygen atoms in total. The van der Waals surface area contributed by atoms with E-state index in [2.05, 4.69) is 24.4 Å². The van der Waals surface area contributed by atoms with Gasteiger partial charge in [-0.25, -0.2) is 20.4 Å². The fraction of sp³-hybridized carbons (Fsp3) is 0. The fourth-order valence-corrected chi connectivity index (χ4v) is 0. The average Bonchev–Trinajstić information content (AvgIpc) is 1.90. The molecule has 4 N–H and O–H groups in total. The second-order valence-electron chi connectivity index (χ2n) is 0.814. The van der Waals surface area contributed by atoms with E-state index in [1.807, 2.05) is 0 Å². The molecule has 0 aromatic heterocycles. The van der Waals surface area contributed by atoms with Crippen molar-refractivity contribution < 1.29 is 19.8 Å². The number of nitrogens with one attached hydrogen (secondary N) is 2. The molecule has 0 radical (unpaired) electrons. The van der Waals surface area contributed by atoms with Crippen molar-refractivity contribution in [2.75, 3.05) is 0 Å². The van der Waals surface area contributed by atoms with E-state index in [-0.39, 0.29) is 51.4 Å². The number of aliphatic hydroxyl groups is 2. The molecule has 68 valence electrons. The van der Waals surface area contributed by atoms with Crippen LogP contribution in [0.1, 0.15) is 0 Å². The van der Waals surface area contributed by atoms with E-state index in [1.54, 1.807) is 0 Å². The van der Waals surface area contributed by atoms with Crippen LogP contribution in [0.15, 0.2) is 0 Å². The van der Waals surface area contributed by atoms with Crippen molar-refractivity contribution in [3.8, 4) is 0 Å². The number of isocyanates is 2. The van der Waals surface area contributed by atoms with Crippen molar-refractivity contribution in [2.45, 2.75) is 0 Å². The molecule has 0 saturated carbocycles. The van der Waals surface area contributed by atoms with Gasteiger partial charge in [0, 0.05) is 0 Å². The van der Waals surface area contributed by atoms with Crippen LogP contribution in [0.5, 0.6) is 0 Å². The number of hydrogen-bond donors (Lipinski definition) is 4. The molecule has 0 aromatic rings. The first-order valence-electron chi connectivity index (χ1n) is 2.01. The summed E-state index contributed by atoms with van der Waals surface area (Å²) in [4.78, 5) is 16.7. The molecule has 0 atom stereocenters. The van der Waals surface area contributed by atoms with Crippen molar-refractivity contribution in [1.29, 1.82) is 10.8 Å². The number of carbonyl (C=O) groups excluding carboxylic acids is 2. The molecular weight excluding hydrogens is 243 g/mol. The first-order valence-corrected chi connectivity index (χ1v) is 2.83. The third kappa shape index (κ3) is 72.3. The standard InChI is InChI=1S/C2H2O2S2.2CHNO.K.H/c3-1(5)2(4)6;2*2-1-3;;/h(H,3,5)(H,4,6);2*2H;;. The third-order valence-corrected chi connectivity index (χ3v) is 0.699. The maximum atomic E-state index is 8.35. The summed E-state index contributed by atoms with van der Waals surface area (Å²) in [7, 11) is 0. The third-order valence-electron chi connectivity index (χ3n) is 0.183. The van der Waals surface area contributed by atoms with E-state index in [1.165, 1.54) is 0 Å². The van der Waals surface area contributed by atoms with Crippen molar-refractivity contribution in [1.82, 2.24) is 0 Å². The molecule has 0 fully saturated rings. The van der Waals surface area contributed by atoms with Crippen molar-refractivity contribution in [3.63, 3.8) is 0 Å². The summed E-state index contributed by atoms with van der Waals surface area (Å²) in [6.07, 6.45) is 1.50. The Balaban J connectivity index is -0.0000000501. The Bertz CT molecular complexity index is 196. The van der Waals surface area contributed by atoms with Gasteiger partial charge in [0.2, 0.25) is 22.3 Å². The quantitative estimate of drug-likeness (QED) is 0.206. The summed E-state index contributed by atoms with van der Waals surface area (Å²) in [5, 5.41) is 25.5. The molecule has 9 heteroatoms. The van der Waals surface area contributed by atoms with Crippen LogP contribution in [0.3, 0.4) is 0 Å². The summed E-state index contributed by atoms with van der Waals surface area (Å²) in [5.74, 6) is 0. The molecule has 0 heterocycles. The summed E-state index contributed by atoms with van der Waals surface area (Å²) in [5.41, 5.74) is 0. The molecule has 0 aliphatic heterocycles. The second-order valence-corrected chi connectivity index (χ2v) is 1.59. The van der Waals surface area contributed by atoms with E-state index in [0.29, 0.717) is 0 Å². The van der Waals surface area contributed by atoms with Crippen molar-refractivity contribution in [2.24, 2.45) is 0 Å². The Labute approximate surface area is 127 Å². The summed E-state index contributed by atoms with van der Waals surface area (Å²) >= 11 is 7.97. The van der Waals surface area contributed by atoms with E-state index < -0.39 is 10.1 Å². The monoisotopic (exact) mass is 248 g/mol. The number of thiocarbonyl (C=S) groups is 2. The predicted molar refractivity (Wildman–Crippen MR) is 54.4 cm³/mol. The molecule has 0 bridgehead atoms. The zero-order valence-electron chi connectivity index (χ0n) is 5.53. The first-order chi connectivity index (χ1) is 5.47. The van der Waals surface area contributed by atoms with Crippen LogP contribution in [-0.4, -0.2) is 83.9 Å². The zero-order valence-corrected chi connectivity index (χ0v) is 7.16. The van der Waals surface area contributed by atoms with Crippen LogP contribution in [0.25, 0.3) is 0 Å². The minimum absolute atomic E-state index is 0. The van der Waals surface area contributed by atoms with Crippen LogP contribution >= 0.6 is 24.4 Å². The van der Waals surface area contributed by atoms with Gasteiger partial charge in [0.05, 0.1) is 0 Å². The number of rotatable bonds is 0. The molecule has 0 unspecified atom stereocenters. The summed E-state index contributed by atoms with van der Waals surface area (Å²) in [6, 6.07) is 0. The Morgan fingerprint density at radius 1 is 1.00 bits per heavy atom. The molecule has 0 saturated heterocycles. The SMILES string of the molecule is N=C=O.N=C=O.OC(=S)C(O)=S.[KH]. The van der Waals surface area contributed by atoms with Crippen LogP contribution < -0.4 is 0 Å². The van der Waals surface area contributed by atoms with Crippen LogP contribution in [0.4, 0.5) is 0 Å². The summed E-state index contributed by atoms with van der Waals surface area (Å²) < 4.78 is 0. The first kappa shape index (κ1) is 23.2. The molecule has 13 heavy (non-hydrogen) atoms. The van der Waals surface area contributed by atoms with E-state index >= 15 is 0 Å². The maximum absolute atomic E-state index is 8.35. The van der Waals surface area contributed by atoms with Crippen molar-refractivity contribution in [3.05, 3.63) is 0 Å². The zero-order chi connectivity index (χ0) is 10.6. The molecule has 0 rings (SSSR count). The number of hydrogen-bond acceptors (Lipinski definition) is 6. The van der Waals surface area contributed by atoms with Crippen LogP contribution in [0.2, 0.25) is 0 Å². The van der Waals surface area contributed by atoms with Gasteiger partial charge < -0.3 is 10.2 Å². The van der Waals surface area contributed by atoms with Gasteiger partial charge in [-0.05, 0) is 24.4 Å². The van der Waals surface area contributed by atoms with E-state index in [9.17, 15) is 0 Å². The van der Waals surface area contributed by atoms with Gasteiger partial charge in [-0.1, -0.05) is 0 Å². The van der Waals surface area contributed by atoms with Gasteiger partial charge in [-0.15, -0.1) is 0 Å². The van der Waals surface area contributed by atoms with Crippen LogP contribution in [0, 0.1) is 10.8 Å². The Kier molecular flexibility index (Phi) is 40.6. The molecule has 0 aromatic carbocycles. The fourth-order valence-electron chi connectivity index (χ4n) is 0. The Morgan fingerprint density at radius 3 is 1.08 bits per heavy atom. The molecule has 0 aliphatic rings. The molecule has 0 aliphatic carbocycles. The van der Waals surface area contributed by atoms with E-state index in [4.69, 9.17) is 30.6 Å². The Morgan fingerprint density at radius 2 is 1.08 bits per heavy atom. The topological polar surface area (TPSA) is 122 Å². The molecule has 0 spiro atoms. The average molecular weight is 248 g/mol. The van der Waals surface area contributed by atoms with Gasteiger partial charge in [0.15, 0.2) is 0 Å². The number of aliphatic hydroxyl groups excluding tert-OH is 2. The summed E-state index contributed by atoms with van der Waals surface area (Å²) in [6.45, 7) is 0. The van der Waals surface area contributed by atoms with Gasteiger partial charge in [-0.2, -0.15) is 0 Å². The van der Waals surface area contributed by atoms with Gasteiger partial charge in [-0.3, -0.25) is 0 Å². The second kappa shape index (κ2) is 22.8.